The van der Waals surface area contributed by atoms with Crippen LogP contribution in [0.2, 0.25) is 0 Å². The highest BCUT2D eigenvalue weighted by Gasteiger charge is 2.23. The average molecular weight is 396 g/mol. The Morgan fingerprint density at radius 1 is 1.42 bits per heavy atom. The number of amides is 2. The Kier molecular flexibility index (Phi) is 6.00. The Hall–Kier alpha value is -1.27. The maximum absolute atomic E-state index is 12.2. The Balaban J connectivity index is 1.46. The molecule has 1 saturated heterocycles. The zero-order chi connectivity index (χ0) is 16.9. The molecule has 2 unspecified atom stereocenters. The van der Waals surface area contributed by atoms with E-state index >= 15 is 0 Å². The molecule has 0 radical (unpaired) electrons. The second-order valence-corrected chi connectivity index (χ2v) is 7.74. The summed E-state index contributed by atoms with van der Waals surface area (Å²) in [7, 11) is 0. The first-order chi connectivity index (χ1) is 11.6. The Bertz CT molecular complexity index is 581. The van der Waals surface area contributed by atoms with Crippen LogP contribution in [0.3, 0.4) is 0 Å². The minimum absolute atomic E-state index is 0.00117. The molecule has 0 saturated carbocycles. The summed E-state index contributed by atoms with van der Waals surface area (Å²) >= 11 is 3.49. The van der Waals surface area contributed by atoms with E-state index in [1.165, 1.54) is 12.8 Å². The minimum Gasteiger partial charge on any atom is -0.493 e. The van der Waals surface area contributed by atoms with Gasteiger partial charge in [-0.25, -0.2) is 4.79 Å². The van der Waals surface area contributed by atoms with E-state index in [4.69, 9.17) is 4.74 Å². The van der Waals surface area contributed by atoms with Crippen LogP contribution in [0.15, 0.2) is 22.7 Å². The number of likely N-dealkylation sites (tertiary alicyclic amines) is 1. The number of hydrogen-bond donors (Lipinski definition) is 2. The first-order valence-electron chi connectivity index (χ1n) is 8.81. The smallest absolute Gasteiger partial charge is 0.315 e. The monoisotopic (exact) mass is 395 g/mol. The van der Waals surface area contributed by atoms with Gasteiger partial charge in [0.25, 0.3) is 0 Å². The molecule has 132 valence electrons. The quantitative estimate of drug-likeness (QED) is 0.821. The highest BCUT2D eigenvalue weighted by Crippen LogP contribution is 2.33. The largest absolute Gasteiger partial charge is 0.493 e. The lowest BCUT2D eigenvalue weighted by Crippen LogP contribution is -2.44. The molecular weight excluding hydrogens is 370 g/mol. The molecule has 2 N–H and O–H groups in total. The van der Waals surface area contributed by atoms with Crippen LogP contribution in [0, 0.1) is 5.92 Å². The summed E-state index contributed by atoms with van der Waals surface area (Å²) in [5.41, 5.74) is 1.04. The second kappa shape index (κ2) is 8.21. The number of urea groups is 1. The molecule has 2 atom stereocenters. The molecular formula is C18H26BrN3O2. The van der Waals surface area contributed by atoms with Gasteiger partial charge in [0.05, 0.1) is 12.6 Å². The Morgan fingerprint density at radius 2 is 2.29 bits per heavy atom. The van der Waals surface area contributed by atoms with Crippen LogP contribution >= 0.6 is 15.9 Å². The van der Waals surface area contributed by atoms with Crippen molar-refractivity contribution in [3.05, 3.63) is 28.2 Å². The summed E-state index contributed by atoms with van der Waals surface area (Å²) in [6.07, 6.45) is 3.38. The zero-order valence-electron chi connectivity index (χ0n) is 14.2. The zero-order valence-corrected chi connectivity index (χ0v) is 15.8. The van der Waals surface area contributed by atoms with Crippen molar-refractivity contribution in [2.75, 3.05) is 32.8 Å². The molecule has 2 amide bonds. The van der Waals surface area contributed by atoms with E-state index in [0.717, 1.165) is 47.8 Å². The van der Waals surface area contributed by atoms with Crippen molar-refractivity contribution < 1.29 is 9.53 Å². The summed E-state index contributed by atoms with van der Waals surface area (Å²) in [6.45, 7) is 6.83. The normalized spacial score (nSPS) is 23.9. The number of carbonyl (C=O) groups is 1. The van der Waals surface area contributed by atoms with Crippen molar-refractivity contribution in [2.45, 2.75) is 32.2 Å². The van der Waals surface area contributed by atoms with Crippen LogP contribution in [0.5, 0.6) is 5.75 Å². The molecule has 6 heteroatoms. The van der Waals surface area contributed by atoms with Gasteiger partial charge in [0, 0.05) is 36.1 Å². The van der Waals surface area contributed by atoms with E-state index in [2.05, 4.69) is 38.4 Å². The second-order valence-electron chi connectivity index (χ2n) is 6.82. The van der Waals surface area contributed by atoms with E-state index in [1.807, 2.05) is 18.2 Å². The highest BCUT2D eigenvalue weighted by atomic mass is 79.9. The molecule has 0 bridgehead atoms. The van der Waals surface area contributed by atoms with Gasteiger partial charge in [0.2, 0.25) is 0 Å². The lowest BCUT2D eigenvalue weighted by molar-refractivity contribution is 0.183. The molecule has 2 aliphatic heterocycles. The van der Waals surface area contributed by atoms with Gasteiger partial charge in [-0.2, -0.15) is 0 Å². The summed E-state index contributed by atoms with van der Waals surface area (Å²) < 4.78 is 6.66. The summed E-state index contributed by atoms with van der Waals surface area (Å²) in [5, 5.41) is 6.07. The van der Waals surface area contributed by atoms with Gasteiger partial charge < -0.3 is 20.3 Å². The SMILES string of the molecule is CC1CCCN(CCNC(=O)NC2CCOc3ccc(Br)cc32)C1. The number of ether oxygens (including phenoxy) is 1. The summed E-state index contributed by atoms with van der Waals surface area (Å²) in [4.78, 5) is 14.7. The number of halogens is 1. The lowest BCUT2D eigenvalue weighted by Gasteiger charge is -2.31. The minimum atomic E-state index is -0.0992. The lowest BCUT2D eigenvalue weighted by atomic mass is 10.0. The van der Waals surface area contributed by atoms with Gasteiger partial charge in [0.15, 0.2) is 0 Å². The van der Waals surface area contributed by atoms with Gasteiger partial charge in [-0.1, -0.05) is 22.9 Å². The first kappa shape index (κ1) is 17.5. The molecule has 1 fully saturated rings. The average Bonchev–Trinajstić information content (AvgIpc) is 2.55. The van der Waals surface area contributed by atoms with Crippen molar-refractivity contribution in [1.29, 1.82) is 0 Å². The van der Waals surface area contributed by atoms with E-state index in [1.54, 1.807) is 0 Å². The van der Waals surface area contributed by atoms with Crippen molar-refractivity contribution >= 4 is 22.0 Å². The molecule has 1 aromatic carbocycles. The third kappa shape index (κ3) is 4.63. The van der Waals surface area contributed by atoms with Crippen molar-refractivity contribution in [3.8, 4) is 5.75 Å². The molecule has 24 heavy (non-hydrogen) atoms. The van der Waals surface area contributed by atoms with Crippen molar-refractivity contribution in [2.24, 2.45) is 5.92 Å². The van der Waals surface area contributed by atoms with Gasteiger partial charge >= 0.3 is 6.03 Å². The maximum atomic E-state index is 12.2. The van der Waals surface area contributed by atoms with Gasteiger partial charge in [-0.15, -0.1) is 0 Å². The van der Waals surface area contributed by atoms with Crippen LogP contribution in [0.25, 0.3) is 0 Å². The van der Waals surface area contributed by atoms with Gasteiger partial charge in [-0.05, 0) is 43.5 Å². The molecule has 3 rings (SSSR count). The predicted molar refractivity (Wildman–Crippen MR) is 98.4 cm³/mol. The van der Waals surface area contributed by atoms with E-state index < -0.39 is 0 Å². The van der Waals surface area contributed by atoms with Crippen molar-refractivity contribution in [3.63, 3.8) is 0 Å². The standard InChI is InChI=1S/C18H26BrN3O2/c1-13-3-2-8-22(12-13)9-7-20-18(23)21-16-6-10-24-17-5-4-14(19)11-15(16)17/h4-5,11,13,16H,2-3,6-10,12H2,1H3,(H2,20,21,23). The van der Waals surface area contributed by atoms with Gasteiger partial charge in [-0.3, -0.25) is 0 Å². The number of fused-ring (bicyclic) bond motifs is 1. The molecule has 0 aliphatic carbocycles. The summed E-state index contributed by atoms with van der Waals surface area (Å²) in [5.74, 6) is 1.63. The van der Waals surface area contributed by atoms with E-state index in [0.29, 0.717) is 13.2 Å². The van der Waals surface area contributed by atoms with Crippen LogP contribution in [0.4, 0.5) is 4.79 Å². The fourth-order valence-electron chi connectivity index (χ4n) is 3.54. The highest BCUT2D eigenvalue weighted by molar-refractivity contribution is 9.10. The topological polar surface area (TPSA) is 53.6 Å². The molecule has 2 heterocycles. The van der Waals surface area contributed by atoms with Crippen LogP contribution in [-0.2, 0) is 0 Å². The Labute approximate surface area is 152 Å². The van der Waals surface area contributed by atoms with Crippen LogP contribution in [0.1, 0.15) is 37.8 Å². The number of piperidine rings is 1. The third-order valence-electron chi connectivity index (χ3n) is 4.77. The molecule has 1 aromatic rings. The number of nitrogens with one attached hydrogen (secondary N) is 2. The number of carbonyl (C=O) groups excluding carboxylic acids is 1. The molecule has 0 aromatic heterocycles. The number of hydrogen-bond acceptors (Lipinski definition) is 3. The maximum Gasteiger partial charge on any atom is 0.315 e. The first-order valence-corrected chi connectivity index (χ1v) is 9.60. The third-order valence-corrected chi connectivity index (χ3v) is 5.26. The van der Waals surface area contributed by atoms with E-state index in [-0.39, 0.29) is 12.1 Å². The van der Waals surface area contributed by atoms with Crippen LogP contribution < -0.4 is 15.4 Å². The molecule has 5 nitrogen and oxygen atoms in total. The fourth-order valence-corrected chi connectivity index (χ4v) is 3.92. The predicted octanol–water partition coefficient (Wildman–Crippen LogP) is 3.30. The van der Waals surface area contributed by atoms with Gasteiger partial charge in [0.1, 0.15) is 5.75 Å². The molecule has 0 spiro atoms. The fraction of sp³-hybridized carbons (Fsp3) is 0.611. The van der Waals surface area contributed by atoms with Crippen LogP contribution in [-0.4, -0.2) is 43.7 Å². The number of nitrogens with zero attached hydrogens (tertiary/aromatic N) is 1. The number of benzene rings is 1. The molecule has 2 aliphatic rings. The Morgan fingerprint density at radius 3 is 3.12 bits per heavy atom. The number of rotatable bonds is 4. The summed E-state index contributed by atoms with van der Waals surface area (Å²) in [6, 6.07) is 5.83. The van der Waals surface area contributed by atoms with E-state index in [9.17, 15) is 4.79 Å². The van der Waals surface area contributed by atoms with Crippen molar-refractivity contribution in [1.82, 2.24) is 15.5 Å².